The molecule has 0 amide bonds. The van der Waals surface area contributed by atoms with Crippen molar-refractivity contribution in [2.24, 2.45) is 0 Å². The van der Waals surface area contributed by atoms with Crippen molar-refractivity contribution in [1.82, 2.24) is 0 Å². The third-order valence-corrected chi connectivity index (χ3v) is 11.2. The summed E-state index contributed by atoms with van der Waals surface area (Å²) in [5, 5.41) is 0. The highest BCUT2D eigenvalue weighted by Gasteiger charge is 2.48. The van der Waals surface area contributed by atoms with Crippen molar-refractivity contribution in [1.29, 1.82) is 0 Å². The Kier molecular flexibility index (Phi) is 6.75. The van der Waals surface area contributed by atoms with Crippen LogP contribution in [-0.4, -0.2) is 13.6 Å². The molecule has 3 aliphatic rings. The Bertz CT molecular complexity index is 2640. The molecule has 0 aliphatic carbocycles. The Morgan fingerprint density at radius 1 is 0.358 bits per heavy atom. The highest BCUT2D eigenvalue weighted by molar-refractivity contribution is 7.01. The quantitative estimate of drug-likeness (QED) is 0.173. The van der Waals surface area contributed by atoms with Crippen molar-refractivity contribution in [2.75, 3.05) is 14.6 Å². The summed E-state index contributed by atoms with van der Waals surface area (Å²) in [4.78, 5) is 7.62. The van der Waals surface area contributed by atoms with Gasteiger partial charge in [0, 0.05) is 50.9 Å². The van der Waals surface area contributed by atoms with Gasteiger partial charge >= 0.3 is 6.85 Å². The van der Waals surface area contributed by atoms with Crippen LogP contribution in [0.5, 0.6) is 0 Å². The molecule has 0 fully saturated rings. The van der Waals surface area contributed by atoms with Gasteiger partial charge in [-0.3, -0.25) is 0 Å². The molecule has 0 unspecified atom stereocenters. The average Bonchev–Trinajstić information content (AvgIpc) is 3.24. The number of nitrogens with zero attached hydrogens (tertiary/aromatic N) is 3. The van der Waals surface area contributed by atoms with E-state index in [1.807, 2.05) is 0 Å². The minimum atomic E-state index is -0.0897. The maximum atomic E-state index is 2.55. The summed E-state index contributed by atoms with van der Waals surface area (Å²) in [6, 6.07) is 73.5. The van der Waals surface area contributed by atoms with Crippen LogP contribution in [-0.2, 0) is 0 Å². The van der Waals surface area contributed by atoms with Crippen LogP contribution in [0.4, 0.5) is 45.5 Å². The van der Waals surface area contributed by atoms with Crippen molar-refractivity contribution in [2.45, 2.75) is 0 Å². The number of hydrogen-bond acceptors (Lipinski definition) is 3. The Morgan fingerprint density at radius 2 is 0.830 bits per heavy atom. The Labute approximate surface area is 311 Å². The Morgan fingerprint density at radius 3 is 1.45 bits per heavy atom. The number of anilines is 8. The Balaban J connectivity index is 1.34. The van der Waals surface area contributed by atoms with Crippen LogP contribution < -0.4 is 41.9 Å². The molecule has 0 radical (unpaired) electrons. The number of fused-ring (bicyclic) bond motifs is 8. The first-order valence-corrected chi connectivity index (χ1v) is 18.4. The third kappa shape index (κ3) is 4.44. The van der Waals surface area contributed by atoms with Crippen LogP contribution in [0, 0.1) is 0 Å². The van der Waals surface area contributed by atoms with Crippen LogP contribution in [0.1, 0.15) is 0 Å². The zero-order chi connectivity index (χ0) is 34.9. The van der Waals surface area contributed by atoms with Crippen LogP contribution >= 0.6 is 0 Å². The molecule has 0 spiro atoms. The predicted molar refractivity (Wildman–Crippen MR) is 226 cm³/mol. The molecule has 0 bridgehead atoms. The second-order valence-electron chi connectivity index (χ2n) is 14.1. The molecular formula is C48H33B2N3. The minimum absolute atomic E-state index is 0.0483. The van der Waals surface area contributed by atoms with Crippen molar-refractivity contribution >= 4 is 86.4 Å². The number of rotatable bonds is 4. The summed E-state index contributed by atoms with van der Waals surface area (Å²) in [7, 11) is 0. The topological polar surface area (TPSA) is 9.72 Å². The summed E-state index contributed by atoms with van der Waals surface area (Å²) in [5.41, 5.74) is 18.6. The van der Waals surface area contributed by atoms with Crippen molar-refractivity contribution in [3.63, 3.8) is 0 Å². The lowest BCUT2D eigenvalue weighted by Crippen LogP contribution is -2.64. The molecule has 3 nitrogen and oxygen atoms in total. The van der Waals surface area contributed by atoms with Crippen LogP contribution in [0.2, 0.25) is 0 Å². The molecule has 3 heterocycles. The second-order valence-corrected chi connectivity index (χ2v) is 14.1. The van der Waals surface area contributed by atoms with E-state index in [1.54, 1.807) is 0 Å². The van der Waals surface area contributed by atoms with E-state index in [1.165, 1.54) is 72.6 Å². The highest BCUT2D eigenvalue weighted by Crippen LogP contribution is 2.50. The van der Waals surface area contributed by atoms with Gasteiger partial charge in [-0.15, -0.1) is 0 Å². The summed E-state index contributed by atoms with van der Waals surface area (Å²) in [5.74, 6) is 0. The smallest absolute Gasteiger partial charge is 0.328 e. The van der Waals surface area contributed by atoms with E-state index in [0.29, 0.717) is 0 Å². The molecule has 8 aromatic carbocycles. The van der Waals surface area contributed by atoms with Gasteiger partial charge in [-0.2, -0.15) is 0 Å². The zero-order valence-electron chi connectivity index (χ0n) is 29.0. The zero-order valence-corrected chi connectivity index (χ0v) is 29.0. The number of para-hydroxylation sites is 6. The molecule has 246 valence electrons. The van der Waals surface area contributed by atoms with E-state index in [9.17, 15) is 0 Å². The average molecular weight is 673 g/mol. The van der Waals surface area contributed by atoms with Gasteiger partial charge in [0.15, 0.2) is 0 Å². The molecule has 11 rings (SSSR count). The summed E-state index contributed by atoms with van der Waals surface area (Å²) in [6.45, 7) is -0.0415. The van der Waals surface area contributed by atoms with E-state index >= 15 is 0 Å². The second kappa shape index (κ2) is 11.9. The SMILES string of the molecule is c1ccc(B2c3cc4c5c(c3-c3ccccc3N2c2ccccc2)N(c2ccccc2)c2ccccc2B5c2ccccc2N4c2ccccc2)cc1. The molecule has 0 atom stereocenters. The first kappa shape index (κ1) is 30.0. The van der Waals surface area contributed by atoms with Gasteiger partial charge in [-0.25, -0.2) is 0 Å². The van der Waals surface area contributed by atoms with Gasteiger partial charge in [0.25, 0.3) is 6.71 Å². The molecule has 5 heteroatoms. The van der Waals surface area contributed by atoms with Crippen LogP contribution in [0.3, 0.4) is 0 Å². The van der Waals surface area contributed by atoms with E-state index < -0.39 is 0 Å². The van der Waals surface area contributed by atoms with Gasteiger partial charge in [-0.05, 0) is 82.5 Å². The first-order chi connectivity index (χ1) is 26.4. The van der Waals surface area contributed by atoms with E-state index in [-0.39, 0.29) is 13.6 Å². The molecule has 8 aromatic rings. The number of benzene rings is 8. The molecule has 0 saturated heterocycles. The van der Waals surface area contributed by atoms with Gasteiger partial charge in [0.05, 0.1) is 5.69 Å². The summed E-state index contributed by atoms with van der Waals surface area (Å²) >= 11 is 0. The van der Waals surface area contributed by atoms with Gasteiger partial charge in [-0.1, -0.05) is 145 Å². The fourth-order valence-electron chi connectivity index (χ4n) is 9.20. The number of hydrogen-bond donors (Lipinski definition) is 0. The fraction of sp³-hybridized carbons (Fsp3) is 0. The van der Waals surface area contributed by atoms with Crippen molar-refractivity contribution in [3.8, 4) is 11.1 Å². The molecule has 3 aliphatic heterocycles. The molecule has 0 aromatic heterocycles. The minimum Gasteiger partial charge on any atom is -0.376 e. The summed E-state index contributed by atoms with van der Waals surface area (Å²) in [6.07, 6.45) is 0. The van der Waals surface area contributed by atoms with E-state index in [0.717, 1.165) is 11.4 Å². The first-order valence-electron chi connectivity index (χ1n) is 18.4. The maximum Gasteiger partial charge on any atom is 0.328 e. The molecule has 53 heavy (non-hydrogen) atoms. The van der Waals surface area contributed by atoms with Crippen LogP contribution in [0.25, 0.3) is 11.1 Å². The van der Waals surface area contributed by atoms with Crippen molar-refractivity contribution < 1.29 is 0 Å². The Hall–Kier alpha value is -6.71. The van der Waals surface area contributed by atoms with Crippen molar-refractivity contribution in [3.05, 3.63) is 200 Å². The molecule has 0 saturated carbocycles. The summed E-state index contributed by atoms with van der Waals surface area (Å²) < 4.78 is 0. The molecule has 0 N–H and O–H groups in total. The van der Waals surface area contributed by atoms with Crippen LogP contribution in [0.15, 0.2) is 200 Å². The third-order valence-electron chi connectivity index (χ3n) is 11.2. The highest BCUT2D eigenvalue weighted by atomic mass is 15.2. The lowest BCUT2D eigenvalue weighted by molar-refractivity contribution is 1.25. The fourth-order valence-corrected chi connectivity index (χ4v) is 9.20. The van der Waals surface area contributed by atoms with Gasteiger partial charge in [0.1, 0.15) is 0 Å². The monoisotopic (exact) mass is 673 g/mol. The lowest BCUT2D eigenvalue weighted by atomic mass is 9.32. The standard InChI is InChI=1S/C48H33B2N3/c1-5-19-34(20-6-1)50-41-33-45-47-48(46(41)38-27-13-16-30-42(38)53(50)37-25-11-4-12-26-37)52(36-23-9-3-10-24-36)44-32-18-15-29-40(44)49(47)39-28-14-17-31-43(39)51(45)35-21-7-2-8-22-35/h1-33H. The maximum absolute atomic E-state index is 2.55. The van der Waals surface area contributed by atoms with Gasteiger partial charge in [0.2, 0.25) is 0 Å². The van der Waals surface area contributed by atoms with E-state index in [2.05, 4.69) is 215 Å². The van der Waals surface area contributed by atoms with E-state index in [4.69, 9.17) is 0 Å². The largest absolute Gasteiger partial charge is 0.376 e. The normalized spacial score (nSPS) is 13.5. The predicted octanol–water partition coefficient (Wildman–Crippen LogP) is 8.69. The molecular weight excluding hydrogens is 640 g/mol. The van der Waals surface area contributed by atoms with Gasteiger partial charge < -0.3 is 14.6 Å². The lowest BCUT2D eigenvalue weighted by Gasteiger charge is -2.48.